The van der Waals surface area contributed by atoms with Crippen LogP contribution in [0.5, 0.6) is 0 Å². The smallest absolute Gasteiger partial charge is 0.293 e. The number of piperidine rings is 1. The standard InChI is InChI=1S/C21H27Cl2N5O3/c1-3-17-25-19(26-28(17)18-15(22)6-4-7-16(18)23)21(30)27-11-8-14(9-12-27)20(29)24-10-5-13-31-2/h4,6-7,14H,3,5,8-13H2,1-2H3,(H,24,29). The van der Waals surface area contributed by atoms with Gasteiger partial charge in [-0.1, -0.05) is 36.2 Å². The fourth-order valence-electron chi connectivity index (χ4n) is 3.59. The molecule has 1 saturated heterocycles. The zero-order valence-corrected chi connectivity index (χ0v) is 19.2. The van der Waals surface area contributed by atoms with Crippen molar-refractivity contribution in [2.75, 3.05) is 33.4 Å². The number of carbonyl (C=O) groups excluding carboxylic acids is 2. The Morgan fingerprint density at radius 1 is 1.23 bits per heavy atom. The van der Waals surface area contributed by atoms with Crippen LogP contribution in [0.3, 0.4) is 0 Å². The molecule has 1 aliphatic heterocycles. The molecule has 2 aromatic rings. The topological polar surface area (TPSA) is 89.3 Å². The molecule has 0 saturated carbocycles. The van der Waals surface area contributed by atoms with Gasteiger partial charge in [-0.05, 0) is 31.4 Å². The summed E-state index contributed by atoms with van der Waals surface area (Å²) >= 11 is 12.6. The lowest BCUT2D eigenvalue weighted by Crippen LogP contribution is -2.43. The zero-order valence-electron chi connectivity index (χ0n) is 17.7. The molecule has 0 aliphatic carbocycles. The van der Waals surface area contributed by atoms with Gasteiger partial charge < -0.3 is 15.0 Å². The average Bonchev–Trinajstić information content (AvgIpc) is 3.20. The fourth-order valence-corrected chi connectivity index (χ4v) is 4.15. The van der Waals surface area contributed by atoms with Gasteiger partial charge in [0.2, 0.25) is 11.7 Å². The number of aromatic nitrogens is 3. The van der Waals surface area contributed by atoms with Gasteiger partial charge in [0, 0.05) is 45.7 Å². The van der Waals surface area contributed by atoms with E-state index in [1.54, 1.807) is 30.2 Å². The van der Waals surface area contributed by atoms with E-state index in [-0.39, 0.29) is 23.6 Å². The Hall–Kier alpha value is -2.16. The quantitative estimate of drug-likeness (QED) is 0.602. The van der Waals surface area contributed by atoms with Gasteiger partial charge in [0.05, 0.1) is 10.0 Å². The highest BCUT2D eigenvalue weighted by atomic mass is 35.5. The molecular formula is C21H27Cl2N5O3. The Labute approximate surface area is 191 Å². The Morgan fingerprint density at radius 3 is 2.52 bits per heavy atom. The van der Waals surface area contributed by atoms with Crippen LogP contribution in [0.25, 0.3) is 5.69 Å². The number of para-hydroxylation sites is 1. The van der Waals surface area contributed by atoms with Crippen molar-refractivity contribution in [3.05, 3.63) is 39.9 Å². The number of carbonyl (C=O) groups is 2. The predicted octanol–water partition coefficient (Wildman–Crippen LogP) is 3.14. The number of nitrogens with one attached hydrogen (secondary N) is 1. The van der Waals surface area contributed by atoms with Crippen LogP contribution < -0.4 is 5.32 Å². The van der Waals surface area contributed by atoms with Crippen molar-refractivity contribution < 1.29 is 14.3 Å². The molecule has 1 aliphatic rings. The van der Waals surface area contributed by atoms with E-state index in [1.807, 2.05) is 6.92 Å². The lowest BCUT2D eigenvalue weighted by molar-refractivity contribution is -0.126. The van der Waals surface area contributed by atoms with Crippen LogP contribution in [-0.2, 0) is 16.0 Å². The normalized spacial score (nSPS) is 14.6. The summed E-state index contributed by atoms with van der Waals surface area (Å²) in [5, 5.41) is 8.22. The third-order valence-corrected chi connectivity index (χ3v) is 5.92. The van der Waals surface area contributed by atoms with Crippen LogP contribution in [0.2, 0.25) is 10.0 Å². The van der Waals surface area contributed by atoms with Crippen LogP contribution in [0.15, 0.2) is 18.2 Å². The number of rotatable bonds is 8. The molecule has 1 N–H and O–H groups in total. The number of likely N-dealkylation sites (tertiary alicyclic amines) is 1. The second-order valence-corrected chi connectivity index (χ2v) is 8.21. The van der Waals surface area contributed by atoms with Gasteiger partial charge in [-0.3, -0.25) is 9.59 Å². The van der Waals surface area contributed by atoms with E-state index in [0.29, 0.717) is 67.1 Å². The molecule has 2 heterocycles. The van der Waals surface area contributed by atoms with Crippen LogP contribution in [0, 0.1) is 5.92 Å². The summed E-state index contributed by atoms with van der Waals surface area (Å²) in [6.07, 6.45) is 2.56. The maximum Gasteiger partial charge on any atom is 0.293 e. The highest BCUT2D eigenvalue weighted by Crippen LogP contribution is 2.29. The van der Waals surface area contributed by atoms with E-state index in [2.05, 4.69) is 15.4 Å². The molecule has 168 valence electrons. The number of benzene rings is 1. The van der Waals surface area contributed by atoms with Crippen LogP contribution in [0.4, 0.5) is 0 Å². The molecule has 0 radical (unpaired) electrons. The number of ether oxygens (including phenoxy) is 1. The summed E-state index contributed by atoms with van der Waals surface area (Å²) in [7, 11) is 1.64. The van der Waals surface area contributed by atoms with Crippen molar-refractivity contribution in [2.45, 2.75) is 32.6 Å². The minimum absolute atomic E-state index is 0.0345. The van der Waals surface area contributed by atoms with Crippen LogP contribution >= 0.6 is 23.2 Å². The molecule has 0 spiro atoms. The number of halogens is 2. The minimum Gasteiger partial charge on any atom is -0.385 e. The largest absolute Gasteiger partial charge is 0.385 e. The molecule has 10 heteroatoms. The second-order valence-electron chi connectivity index (χ2n) is 7.39. The van der Waals surface area contributed by atoms with Crippen molar-refractivity contribution in [3.8, 4) is 5.69 Å². The lowest BCUT2D eigenvalue weighted by Gasteiger charge is -2.30. The van der Waals surface area contributed by atoms with E-state index < -0.39 is 0 Å². The average molecular weight is 468 g/mol. The summed E-state index contributed by atoms with van der Waals surface area (Å²) < 4.78 is 6.53. The van der Waals surface area contributed by atoms with E-state index in [4.69, 9.17) is 27.9 Å². The first kappa shape index (κ1) is 23.5. The second kappa shape index (κ2) is 10.9. The molecule has 8 nitrogen and oxygen atoms in total. The van der Waals surface area contributed by atoms with E-state index in [0.717, 1.165) is 6.42 Å². The molecule has 1 fully saturated rings. The number of hydrogen-bond acceptors (Lipinski definition) is 5. The van der Waals surface area contributed by atoms with E-state index in [1.165, 1.54) is 4.68 Å². The van der Waals surface area contributed by atoms with E-state index in [9.17, 15) is 9.59 Å². The number of aryl methyl sites for hydroxylation is 1. The molecule has 1 aromatic carbocycles. The van der Waals surface area contributed by atoms with Crippen molar-refractivity contribution in [3.63, 3.8) is 0 Å². The maximum absolute atomic E-state index is 13.0. The third-order valence-electron chi connectivity index (χ3n) is 5.31. The SMILES string of the molecule is CCc1nc(C(=O)N2CCC(C(=O)NCCCOC)CC2)nn1-c1c(Cl)cccc1Cl. The van der Waals surface area contributed by atoms with Gasteiger partial charge in [0.25, 0.3) is 5.91 Å². The van der Waals surface area contributed by atoms with Gasteiger partial charge in [0.15, 0.2) is 0 Å². The van der Waals surface area contributed by atoms with Gasteiger partial charge in [-0.2, -0.15) is 0 Å². The van der Waals surface area contributed by atoms with Crippen molar-refractivity contribution in [2.24, 2.45) is 5.92 Å². The Kier molecular flexibility index (Phi) is 8.28. The number of amides is 2. The van der Waals surface area contributed by atoms with Crippen molar-refractivity contribution >= 4 is 35.0 Å². The molecule has 2 amide bonds. The first-order valence-electron chi connectivity index (χ1n) is 10.4. The summed E-state index contributed by atoms with van der Waals surface area (Å²) in [4.78, 5) is 31.4. The summed E-state index contributed by atoms with van der Waals surface area (Å²) in [6.45, 7) is 4.11. The first-order chi connectivity index (χ1) is 15.0. The Bertz CT molecular complexity index is 905. The van der Waals surface area contributed by atoms with Crippen molar-refractivity contribution in [1.82, 2.24) is 25.0 Å². The number of nitrogens with zero attached hydrogens (tertiary/aromatic N) is 4. The molecule has 31 heavy (non-hydrogen) atoms. The maximum atomic E-state index is 13.0. The van der Waals surface area contributed by atoms with Crippen LogP contribution in [0.1, 0.15) is 42.6 Å². The first-order valence-corrected chi connectivity index (χ1v) is 11.2. The molecule has 1 aromatic heterocycles. The predicted molar refractivity (Wildman–Crippen MR) is 119 cm³/mol. The molecule has 3 rings (SSSR count). The lowest BCUT2D eigenvalue weighted by atomic mass is 9.96. The van der Waals surface area contributed by atoms with Gasteiger partial charge in [-0.25, -0.2) is 9.67 Å². The highest BCUT2D eigenvalue weighted by Gasteiger charge is 2.30. The molecule has 0 atom stereocenters. The van der Waals surface area contributed by atoms with Gasteiger partial charge >= 0.3 is 0 Å². The number of methoxy groups -OCH3 is 1. The Morgan fingerprint density at radius 2 is 1.90 bits per heavy atom. The molecule has 0 unspecified atom stereocenters. The third kappa shape index (κ3) is 5.56. The minimum atomic E-state index is -0.254. The number of hydrogen-bond donors (Lipinski definition) is 1. The monoisotopic (exact) mass is 467 g/mol. The summed E-state index contributed by atoms with van der Waals surface area (Å²) in [6, 6.07) is 5.19. The van der Waals surface area contributed by atoms with Gasteiger partial charge in [0.1, 0.15) is 11.5 Å². The molecule has 0 bridgehead atoms. The summed E-state index contributed by atoms with van der Waals surface area (Å²) in [5.74, 6) is 0.395. The summed E-state index contributed by atoms with van der Waals surface area (Å²) in [5.41, 5.74) is 0.512. The van der Waals surface area contributed by atoms with Crippen LogP contribution in [-0.4, -0.2) is 64.8 Å². The Balaban J connectivity index is 1.65. The molecular weight excluding hydrogens is 441 g/mol. The van der Waals surface area contributed by atoms with Crippen molar-refractivity contribution in [1.29, 1.82) is 0 Å². The van der Waals surface area contributed by atoms with Gasteiger partial charge in [-0.15, -0.1) is 5.10 Å². The highest BCUT2D eigenvalue weighted by molar-refractivity contribution is 6.37. The fraction of sp³-hybridized carbons (Fsp3) is 0.524. The van der Waals surface area contributed by atoms with E-state index >= 15 is 0 Å². The zero-order chi connectivity index (χ0) is 22.4.